The summed E-state index contributed by atoms with van der Waals surface area (Å²) in [5.74, 6) is 0.563. The van der Waals surface area contributed by atoms with E-state index < -0.39 is 6.10 Å². The van der Waals surface area contributed by atoms with Gasteiger partial charge in [-0.3, -0.25) is 4.79 Å². The summed E-state index contributed by atoms with van der Waals surface area (Å²) < 4.78 is 1.17. The fourth-order valence-electron chi connectivity index (χ4n) is 3.12. The maximum Gasteiger partial charge on any atom is 0.251 e. The van der Waals surface area contributed by atoms with Crippen LogP contribution in [0.3, 0.4) is 0 Å². The van der Waals surface area contributed by atoms with Crippen LogP contribution in [0.15, 0.2) is 59.6 Å². The Morgan fingerprint density at radius 2 is 1.88 bits per heavy atom. The number of fused-ring (bicyclic) bond motifs is 1. The molecule has 0 fully saturated rings. The zero-order valence-corrected chi connectivity index (χ0v) is 21.6. The number of nitrogens with one attached hydrogen (secondary N) is 3. The van der Waals surface area contributed by atoms with E-state index >= 15 is 0 Å². The first-order valence-electron chi connectivity index (χ1n) is 10.7. The van der Waals surface area contributed by atoms with Crippen LogP contribution in [-0.2, 0) is 6.54 Å². The zero-order chi connectivity index (χ0) is 22.1. The quantitative estimate of drug-likeness (QED) is 0.175. The zero-order valence-electron chi connectivity index (χ0n) is 18.4. The summed E-state index contributed by atoms with van der Waals surface area (Å²) in [7, 11) is 0. The number of amides is 1. The number of aliphatic imine (C=N–C) groups is 1. The lowest BCUT2D eigenvalue weighted by atomic mass is 10.1. The number of halogens is 1. The van der Waals surface area contributed by atoms with Gasteiger partial charge in [-0.1, -0.05) is 37.3 Å². The van der Waals surface area contributed by atoms with Crippen LogP contribution >= 0.6 is 35.3 Å². The van der Waals surface area contributed by atoms with E-state index in [4.69, 9.17) is 0 Å². The highest BCUT2D eigenvalue weighted by Gasteiger charge is 2.12. The second kappa shape index (κ2) is 13.4. The Morgan fingerprint density at radius 3 is 2.62 bits per heavy atom. The second-order valence-corrected chi connectivity index (χ2v) is 8.35. The van der Waals surface area contributed by atoms with Crippen LogP contribution in [0.4, 0.5) is 0 Å². The van der Waals surface area contributed by atoms with Gasteiger partial charge in [-0.05, 0) is 48.6 Å². The highest BCUT2D eigenvalue weighted by atomic mass is 127. The number of rotatable bonds is 9. The number of carbonyl (C=O) groups is 1. The van der Waals surface area contributed by atoms with E-state index in [2.05, 4.69) is 33.1 Å². The smallest absolute Gasteiger partial charge is 0.251 e. The largest absolute Gasteiger partial charge is 0.386 e. The van der Waals surface area contributed by atoms with Gasteiger partial charge in [-0.2, -0.15) is 0 Å². The second-order valence-electron chi connectivity index (χ2n) is 7.23. The van der Waals surface area contributed by atoms with Crippen LogP contribution in [0.2, 0.25) is 0 Å². The van der Waals surface area contributed by atoms with Crippen LogP contribution in [-0.4, -0.2) is 36.6 Å². The molecule has 172 valence electrons. The van der Waals surface area contributed by atoms with Crippen molar-refractivity contribution in [2.24, 2.45) is 4.99 Å². The molecular formula is C24H31IN4O2S. The van der Waals surface area contributed by atoms with Crippen molar-refractivity contribution in [2.45, 2.75) is 32.9 Å². The predicted octanol–water partition coefficient (Wildman–Crippen LogP) is 4.45. The van der Waals surface area contributed by atoms with Crippen molar-refractivity contribution in [3.63, 3.8) is 0 Å². The third-order valence-corrected chi connectivity index (χ3v) is 5.94. The summed E-state index contributed by atoms with van der Waals surface area (Å²) in [6.45, 7) is 6.19. The van der Waals surface area contributed by atoms with Gasteiger partial charge in [0.15, 0.2) is 5.96 Å². The molecule has 0 radical (unpaired) electrons. The number of thiophene rings is 1. The molecular weight excluding hydrogens is 535 g/mol. The average Bonchev–Trinajstić information content (AvgIpc) is 3.23. The lowest BCUT2D eigenvalue weighted by molar-refractivity contribution is 0.0953. The standard InChI is InChI=1S/C24H30N4O2S.HI/c1-3-12-26-23(30)19-10-7-8-17(13-19)15-27-24(25-4-2)28-16-20(29)22-14-18-9-5-6-11-21(18)31-22;/h5-11,13-14,20,29H,3-4,12,15-16H2,1-2H3,(H,26,30)(H2,25,27,28);1H. The van der Waals surface area contributed by atoms with Gasteiger partial charge in [-0.25, -0.2) is 4.99 Å². The number of carbonyl (C=O) groups excluding carboxylic acids is 1. The van der Waals surface area contributed by atoms with Crippen molar-refractivity contribution in [1.29, 1.82) is 0 Å². The van der Waals surface area contributed by atoms with Crippen LogP contribution in [0, 0.1) is 0 Å². The van der Waals surface area contributed by atoms with E-state index in [9.17, 15) is 9.90 Å². The number of hydrogen-bond donors (Lipinski definition) is 4. The van der Waals surface area contributed by atoms with Gasteiger partial charge >= 0.3 is 0 Å². The van der Waals surface area contributed by atoms with Gasteiger partial charge in [-0.15, -0.1) is 35.3 Å². The molecule has 32 heavy (non-hydrogen) atoms. The molecule has 1 unspecified atom stereocenters. The van der Waals surface area contributed by atoms with E-state index in [1.807, 2.05) is 56.3 Å². The highest BCUT2D eigenvalue weighted by molar-refractivity contribution is 14.0. The molecule has 1 heterocycles. The van der Waals surface area contributed by atoms with E-state index in [0.717, 1.165) is 22.2 Å². The highest BCUT2D eigenvalue weighted by Crippen LogP contribution is 2.29. The molecule has 6 nitrogen and oxygen atoms in total. The summed E-state index contributed by atoms with van der Waals surface area (Å²) in [6.07, 6.45) is 0.285. The van der Waals surface area contributed by atoms with Crippen LogP contribution < -0.4 is 16.0 Å². The molecule has 1 amide bonds. The third kappa shape index (κ3) is 7.46. The average molecular weight is 567 g/mol. The molecule has 2 aromatic carbocycles. The number of guanidine groups is 1. The van der Waals surface area contributed by atoms with Crippen molar-refractivity contribution in [2.75, 3.05) is 19.6 Å². The van der Waals surface area contributed by atoms with E-state index in [0.29, 0.717) is 37.7 Å². The van der Waals surface area contributed by atoms with Gasteiger partial charge in [0.2, 0.25) is 0 Å². The van der Waals surface area contributed by atoms with Gasteiger partial charge in [0.25, 0.3) is 5.91 Å². The Kier molecular flexibility index (Phi) is 10.9. The molecule has 0 saturated heterocycles. The van der Waals surface area contributed by atoms with E-state index in [1.165, 1.54) is 4.70 Å². The minimum absolute atomic E-state index is 0. The van der Waals surface area contributed by atoms with Gasteiger partial charge in [0, 0.05) is 34.8 Å². The third-order valence-electron chi connectivity index (χ3n) is 4.72. The normalized spacial score (nSPS) is 12.2. The fraction of sp³-hybridized carbons (Fsp3) is 0.333. The van der Waals surface area contributed by atoms with Crippen molar-refractivity contribution < 1.29 is 9.90 Å². The summed E-state index contributed by atoms with van der Waals surface area (Å²) in [5.41, 5.74) is 1.59. The Bertz CT molecular complexity index is 1000. The Hall–Kier alpha value is -2.17. The molecule has 1 aromatic heterocycles. The molecule has 0 aliphatic heterocycles. The summed E-state index contributed by atoms with van der Waals surface area (Å²) >= 11 is 1.60. The molecule has 0 aliphatic carbocycles. The molecule has 1 atom stereocenters. The van der Waals surface area contributed by atoms with Crippen LogP contribution in [0.25, 0.3) is 10.1 Å². The van der Waals surface area contributed by atoms with Crippen LogP contribution in [0.5, 0.6) is 0 Å². The maximum absolute atomic E-state index is 12.2. The van der Waals surface area contributed by atoms with Gasteiger partial charge in [0.05, 0.1) is 6.54 Å². The van der Waals surface area contributed by atoms with E-state index in [1.54, 1.807) is 11.3 Å². The Labute approximate surface area is 210 Å². The first-order valence-corrected chi connectivity index (χ1v) is 11.5. The molecule has 8 heteroatoms. The number of benzene rings is 2. The first-order chi connectivity index (χ1) is 15.1. The van der Waals surface area contributed by atoms with Crippen molar-refractivity contribution in [3.8, 4) is 0 Å². The topological polar surface area (TPSA) is 85.8 Å². The lowest BCUT2D eigenvalue weighted by Gasteiger charge is -2.14. The van der Waals surface area contributed by atoms with Gasteiger partial charge < -0.3 is 21.1 Å². The SMILES string of the molecule is CCCNC(=O)c1cccc(CN=C(NCC)NCC(O)c2cc3ccccc3s2)c1.I. The van der Waals surface area contributed by atoms with Crippen molar-refractivity contribution in [3.05, 3.63) is 70.6 Å². The summed E-state index contributed by atoms with van der Waals surface area (Å²) in [6, 6.07) is 17.7. The van der Waals surface area contributed by atoms with Crippen LogP contribution in [0.1, 0.15) is 47.2 Å². The van der Waals surface area contributed by atoms with E-state index in [-0.39, 0.29) is 29.9 Å². The monoisotopic (exact) mass is 566 g/mol. The van der Waals surface area contributed by atoms with Crippen molar-refractivity contribution in [1.82, 2.24) is 16.0 Å². The number of aliphatic hydroxyl groups is 1. The number of nitrogens with zero attached hydrogens (tertiary/aromatic N) is 1. The minimum Gasteiger partial charge on any atom is -0.386 e. The fourth-order valence-corrected chi connectivity index (χ4v) is 4.17. The molecule has 0 bridgehead atoms. The van der Waals surface area contributed by atoms with Crippen molar-refractivity contribution >= 4 is 57.3 Å². The maximum atomic E-state index is 12.2. The number of aliphatic hydroxyl groups excluding tert-OH is 1. The molecule has 0 aliphatic rings. The summed E-state index contributed by atoms with van der Waals surface area (Å²) in [4.78, 5) is 17.7. The predicted molar refractivity (Wildman–Crippen MR) is 144 cm³/mol. The molecule has 0 saturated carbocycles. The number of hydrogen-bond acceptors (Lipinski definition) is 4. The summed E-state index contributed by atoms with van der Waals surface area (Å²) in [5, 5.41) is 21.1. The minimum atomic E-state index is -0.619. The first kappa shape index (κ1) is 26.1. The Balaban J connectivity index is 0.00000363. The molecule has 0 spiro atoms. The lowest BCUT2D eigenvalue weighted by Crippen LogP contribution is -2.39. The molecule has 3 rings (SSSR count). The Morgan fingerprint density at radius 1 is 1.06 bits per heavy atom. The molecule has 3 aromatic rings. The molecule has 4 N–H and O–H groups in total. The van der Waals surface area contributed by atoms with Gasteiger partial charge in [0.1, 0.15) is 6.10 Å².